The molecule has 2 saturated heterocycles. The minimum atomic E-state index is -2.96. The molecule has 0 spiro atoms. The van der Waals surface area contributed by atoms with Crippen molar-refractivity contribution in [1.82, 2.24) is 9.80 Å². The average Bonchev–Trinajstić information content (AvgIpc) is 2.79. The van der Waals surface area contributed by atoms with Crippen molar-refractivity contribution in [2.24, 2.45) is 5.92 Å². The van der Waals surface area contributed by atoms with Gasteiger partial charge in [-0.1, -0.05) is 0 Å². The minimum Gasteiger partial charge on any atom is -0.341 e. The van der Waals surface area contributed by atoms with Crippen molar-refractivity contribution in [1.29, 1.82) is 0 Å². The van der Waals surface area contributed by atoms with E-state index in [2.05, 4.69) is 0 Å². The van der Waals surface area contributed by atoms with Crippen molar-refractivity contribution in [2.75, 3.05) is 38.2 Å². The number of likely N-dealkylation sites (N-methyl/N-ethyl adjacent to an activating group) is 1. The topological polar surface area (TPSA) is 74.8 Å². The van der Waals surface area contributed by atoms with Gasteiger partial charge in [0.05, 0.1) is 18.1 Å². The van der Waals surface area contributed by atoms with Crippen molar-refractivity contribution in [3.05, 3.63) is 0 Å². The van der Waals surface area contributed by atoms with Gasteiger partial charge in [0, 0.05) is 19.0 Å². The van der Waals surface area contributed by atoms with E-state index in [1.165, 1.54) is 0 Å². The number of aldehydes is 1. The molecule has 0 N–H and O–H groups in total. The fraction of sp³-hybridized carbons (Fsp3) is 0.846. The number of hydrogen-bond donors (Lipinski definition) is 0. The van der Waals surface area contributed by atoms with E-state index in [1.807, 2.05) is 4.90 Å². The SMILES string of the molecule is CN(C(=O)CN1CCC(C=O)CC1)C1CCS(=O)(=O)C1. The highest BCUT2D eigenvalue weighted by atomic mass is 32.2. The lowest BCUT2D eigenvalue weighted by Gasteiger charge is -2.31. The van der Waals surface area contributed by atoms with Crippen molar-refractivity contribution >= 4 is 22.0 Å². The minimum absolute atomic E-state index is 0.0309. The van der Waals surface area contributed by atoms with E-state index in [4.69, 9.17) is 0 Å². The Bertz CT molecular complexity index is 469. The molecule has 0 aromatic rings. The Hall–Kier alpha value is -0.950. The second-order valence-electron chi connectivity index (χ2n) is 5.81. The summed E-state index contributed by atoms with van der Waals surface area (Å²) in [6.07, 6.45) is 3.14. The van der Waals surface area contributed by atoms with Crippen LogP contribution < -0.4 is 0 Å². The van der Waals surface area contributed by atoms with E-state index in [0.29, 0.717) is 13.0 Å². The summed E-state index contributed by atoms with van der Waals surface area (Å²) in [6, 6.07) is -0.181. The molecule has 0 saturated carbocycles. The Kier molecular flexibility index (Phi) is 4.80. The second-order valence-corrected chi connectivity index (χ2v) is 8.04. The van der Waals surface area contributed by atoms with Crippen LogP contribution in [0.3, 0.4) is 0 Å². The van der Waals surface area contributed by atoms with Gasteiger partial charge >= 0.3 is 0 Å². The molecule has 6 nitrogen and oxygen atoms in total. The Morgan fingerprint density at radius 2 is 1.95 bits per heavy atom. The molecule has 1 amide bonds. The van der Waals surface area contributed by atoms with Crippen LogP contribution in [0.2, 0.25) is 0 Å². The smallest absolute Gasteiger partial charge is 0.236 e. The summed E-state index contributed by atoms with van der Waals surface area (Å²) < 4.78 is 22.9. The highest BCUT2D eigenvalue weighted by Crippen LogP contribution is 2.18. The van der Waals surface area contributed by atoms with E-state index in [9.17, 15) is 18.0 Å². The summed E-state index contributed by atoms with van der Waals surface area (Å²) in [6.45, 7) is 1.83. The standard InChI is InChI=1S/C13H22N2O4S/c1-14(12-4-7-20(18,19)10-12)13(17)8-15-5-2-11(9-16)3-6-15/h9,11-12H,2-8,10H2,1H3. The van der Waals surface area contributed by atoms with Gasteiger partial charge in [-0.05, 0) is 32.4 Å². The number of carbonyl (C=O) groups is 2. The molecule has 0 aliphatic carbocycles. The van der Waals surface area contributed by atoms with Crippen LogP contribution in [-0.4, -0.2) is 74.6 Å². The van der Waals surface area contributed by atoms with Crippen LogP contribution in [0.25, 0.3) is 0 Å². The molecule has 2 heterocycles. The van der Waals surface area contributed by atoms with E-state index < -0.39 is 9.84 Å². The first kappa shape index (κ1) is 15.4. The lowest BCUT2D eigenvalue weighted by atomic mass is 9.99. The van der Waals surface area contributed by atoms with E-state index in [-0.39, 0.29) is 29.4 Å². The predicted octanol–water partition coefficient (Wildman–Crippen LogP) is -0.457. The van der Waals surface area contributed by atoms with E-state index in [0.717, 1.165) is 32.2 Å². The number of amides is 1. The molecule has 1 atom stereocenters. The van der Waals surface area contributed by atoms with Gasteiger partial charge in [0.2, 0.25) is 5.91 Å². The Morgan fingerprint density at radius 3 is 2.45 bits per heavy atom. The number of nitrogens with zero attached hydrogens (tertiary/aromatic N) is 2. The molecule has 2 aliphatic heterocycles. The third kappa shape index (κ3) is 3.79. The van der Waals surface area contributed by atoms with Gasteiger partial charge in [0.25, 0.3) is 0 Å². The molecule has 2 aliphatic rings. The maximum absolute atomic E-state index is 12.2. The van der Waals surface area contributed by atoms with Crippen LogP contribution in [0.4, 0.5) is 0 Å². The third-order valence-electron chi connectivity index (χ3n) is 4.33. The molecule has 0 radical (unpaired) electrons. The average molecular weight is 302 g/mol. The summed E-state index contributed by atoms with van der Waals surface area (Å²) in [5.41, 5.74) is 0. The predicted molar refractivity (Wildman–Crippen MR) is 75.1 cm³/mol. The van der Waals surface area contributed by atoms with Crippen LogP contribution in [0.15, 0.2) is 0 Å². The fourth-order valence-electron chi connectivity index (χ4n) is 2.83. The molecular formula is C13H22N2O4S. The van der Waals surface area contributed by atoms with Crippen molar-refractivity contribution < 1.29 is 18.0 Å². The van der Waals surface area contributed by atoms with Gasteiger partial charge in [-0.15, -0.1) is 0 Å². The molecule has 0 aromatic carbocycles. The number of sulfone groups is 1. The largest absolute Gasteiger partial charge is 0.341 e. The number of carbonyl (C=O) groups excluding carboxylic acids is 2. The van der Waals surface area contributed by atoms with Crippen LogP contribution in [0.1, 0.15) is 19.3 Å². The molecule has 0 bridgehead atoms. The maximum atomic E-state index is 12.2. The van der Waals surface area contributed by atoms with Crippen molar-refractivity contribution in [2.45, 2.75) is 25.3 Å². The molecule has 0 aromatic heterocycles. The highest BCUT2D eigenvalue weighted by Gasteiger charge is 2.33. The summed E-state index contributed by atoms with van der Waals surface area (Å²) in [5, 5.41) is 0. The van der Waals surface area contributed by atoms with Crippen LogP contribution >= 0.6 is 0 Å². The Morgan fingerprint density at radius 1 is 1.30 bits per heavy atom. The van der Waals surface area contributed by atoms with E-state index >= 15 is 0 Å². The summed E-state index contributed by atoms with van der Waals surface area (Å²) in [4.78, 5) is 26.5. The molecule has 114 valence electrons. The fourth-order valence-corrected chi connectivity index (χ4v) is 4.61. The zero-order valence-electron chi connectivity index (χ0n) is 11.8. The van der Waals surface area contributed by atoms with Gasteiger partial charge in [0.15, 0.2) is 9.84 Å². The zero-order valence-corrected chi connectivity index (χ0v) is 12.6. The van der Waals surface area contributed by atoms with Gasteiger partial charge in [-0.25, -0.2) is 8.42 Å². The van der Waals surface area contributed by atoms with Crippen LogP contribution in [0.5, 0.6) is 0 Å². The molecule has 2 rings (SSSR count). The normalized spacial score (nSPS) is 27.4. The zero-order chi connectivity index (χ0) is 14.8. The number of likely N-dealkylation sites (tertiary alicyclic amines) is 1. The Labute approximate surface area is 120 Å². The monoisotopic (exact) mass is 302 g/mol. The van der Waals surface area contributed by atoms with Gasteiger partial charge in [-0.2, -0.15) is 0 Å². The van der Waals surface area contributed by atoms with Gasteiger partial charge < -0.3 is 9.69 Å². The summed E-state index contributed by atoms with van der Waals surface area (Å²) in [7, 11) is -1.28. The first-order valence-electron chi connectivity index (χ1n) is 7.05. The summed E-state index contributed by atoms with van der Waals surface area (Å²) >= 11 is 0. The second kappa shape index (κ2) is 6.22. The van der Waals surface area contributed by atoms with Crippen LogP contribution in [0, 0.1) is 5.92 Å². The number of hydrogen-bond acceptors (Lipinski definition) is 5. The first-order valence-corrected chi connectivity index (χ1v) is 8.87. The molecule has 1 unspecified atom stereocenters. The van der Waals surface area contributed by atoms with Crippen LogP contribution in [-0.2, 0) is 19.4 Å². The lowest BCUT2D eigenvalue weighted by Crippen LogP contribution is -2.46. The van der Waals surface area contributed by atoms with Gasteiger partial charge in [-0.3, -0.25) is 9.69 Å². The molecular weight excluding hydrogens is 280 g/mol. The highest BCUT2D eigenvalue weighted by molar-refractivity contribution is 7.91. The third-order valence-corrected chi connectivity index (χ3v) is 6.08. The van der Waals surface area contributed by atoms with E-state index in [1.54, 1.807) is 11.9 Å². The molecule has 2 fully saturated rings. The first-order chi connectivity index (χ1) is 9.41. The maximum Gasteiger partial charge on any atom is 0.236 e. The number of piperidine rings is 1. The molecule has 7 heteroatoms. The molecule has 20 heavy (non-hydrogen) atoms. The summed E-state index contributed by atoms with van der Waals surface area (Å²) in [5.74, 6) is 0.360. The van der Waals surface area contributed by atoms with Crippen molar-refractivity contribution in [3.63, 3.8) is 0 Å². The van der Waals surface area contributed by atoms with Crippen molar-refractivity contribution in [3.8, 4) is 0 Å². The lowest BCUT2D eigenvalue weighted by molar-refractivity contribution is -0.133. The number of rotatable bonds is 4. The van der Waals surface area contributed by atoms with Gasteiger partial charge in [0.1, 0.15) is 6.29 Å². The Balaban J connectivity index is 1.81. The quantitative estimate of drug-likeness (QED) is 0.657.